The van der Waals surface area contributed by atoms with Crippen LogP contribution in [0.4, 0.5) is 0 Å². The number of β-amino-alcohol motifs (C(OH)–C–C–N with tert-alkyl or cyclic N) is 2. The lowest BCUT2D eigenvalue weighted by Gasteiger charge is -2.49. The van der Waals surface area contributed by atoms with Crippen LogP contribution in [0.3, 0.4) is 0 Å². The number of ether oxygens (including phenoxy) is 2. The topological polar surface area (TPSA) is 99.5 Å². The van der Waals surface area contributed by atoms with Gasteiger partial charge in [0, 0.05) is 37.3 Å². The zero-order valence-corrected chi connectivity index (χ0v) is 22.8. The van der Waals surface area contributed by atoms with E-state index >= 15 is 0 Å². The second-order valence-electron chi connectivity index (χ2n) is 12.0. The van der Waals surface area contributed by atoms with E-state index in [0.29, 0.717) is 24.2 Å². The summed E-state index contributed by atoms with van der Waals surface area (Å²) in [5.41, 5.74) is 4.74. The monoisotopic (exact) mass is 534 g/mol. The molecule has 2 aromatic carbocycles. The third kappa shape index (κ3) is 4.88. The number of benzene rings is 2. The molecule has 4 aliphatic heterocycles. The van der Waals surface area contributed by atoms with Crippen molar-refractivity contribution >= 4 is 11.9 Å². The highest BCUT2D eigenvalue weighted by Gasteiger charge is 2.44. The highest BCUT2D eigenvalue weighted by Crippen LogP contribution is 2.41. The summed E-state index contributed by atoms with van der Waals surface area (Å²) in [5, 5.41) is 22.4. The van der Waals surface area contributed by atoms with E-state index in [0.717, 1.165) is 74.1 Å². The van der Waals surface area contributed by atoms with Gasteiger partial charge in [-0.05, 0) is 81.3 Å². The predicted molar refractivity (Wildman–Crippen MR) is 144 cm³/mol. The minimum Gasteiger partial charge on any atom is -0.451 e. The van der Waals surface area contributed by atoms with Gasteiger partial charge in [-0.25, -0.2) is 9.59 Å². The first-order chi connectivity index (χ1) is 18.7. The van der Waals surface area contributed by atoms with Gasteiger partial charge in [0.05, 0.1) is 11.1 Å². The number of likely N-dealkylation sites (tertiary alicyclic amines) is 2. The third-order valence-corrected chi connectivity index (χ3v) is 9.20. The molecule has 0 saturated carbocycles. The molecule has 4 heterocycles. The van der Waals surface area contributed by atoms with Gasteiger partial charge in [-0.2, -0.15) is 0 Å². The minimum absolute atomic E-state index is 0.0797. The lowest BCUT2D eigenvalue weighted by molar-refractivity contribution is -0.0554. The van der Waals surface area contributed by atoms with Crippen molar-refractivity contribution in [2.45, 2.75) is 63.9 Å². The lowest BCUT2D eigenvalue weighted by atomic mass is 9.73. The second kappa shape index (κ2) is 10.3. The Balaban J connectivity index is 1.10. The van der Waals surface area contributed by atoms with Crippen molar-refractivity contribution in [1.82, 2.24) is 9.80 Å². The fourth-order valence-corrected chi connectivity index (χ4v) is 7.48. The van der Waals surface area contributed by atoms with Crippen LogP contribution in [0.2, 0.25) is 0 Å². The number of cyclic esters (lactones) is 2. The normalized spacial score (nSPS) is 28.6. The maximum absolute atomic E-state index is 12.4. The molecule has 0 amide bonds. The van der Waals surface area contributed by atoms with E-state index in [1.54, 1.807) is 12.1 Å². The summed E-state index contributed by atoms with van der Waals surface area (Å²) < 4.78 is 11.2. The molecule has 0 aromatic heterocycles. The zero-order valence-electron chi connectivity index (χ0n) is 22.8. The molecule has 0 bridgehead atoms. The second-order valence-corrected chi connectivity index (χ2v) is 12.0. The molecule has 0 aliphatic carbocycles. The summed E-state index contributed by atoms with van der Waals surface area (Å²) in [7, 11) is 0. The van der Waals surface area contributed by atoms with Crippen LogP contribution in [0.15, 0.2) is 36.4 Å². The number of aryl methyl sites for hydroxylation is 2. The highest BCUT2D eigenvalue weighted by atomic mass is 16.6. The van der Waals surface area contributed by atoms with E-state index in [2.05, 4.69) is 9.80 Å². The number of aliphatic hydroxyl groups excluding tert-OH is 2. The van der Waals surface area contributed by atoms with Gasteiger partial charge in [-0.3, -0.25) is 0 Å². The van der Waals surface area contributed by atoms with Crippen LogP contribution >= 0.6 is 0 Å². The summed E-state index contributed by atoms with van der Waals surface area (Å²) in [6, 6.07) is 11.1. The van der Waals surface area contributed by atoms with Crippen LogP contribution < -0.4 is 0 Å². The average Bonchev–Trinajstić information content (AvgIpc) is 3.43. The number of piperidine rings is 2. The molecule has 2 fully saturated rings. The van der Waals surface area contributed by atoms with Crippen molar-refractivity contribution in [3.63, 3.8) is 0 Å². The number of hydrogen-bond donors (Lipinski definition) is 2. The molecule has 8 nitrogen and oxygen atoms in total. The number of carbonyl (C=O) groups is 2. The van der Waals surface area contributed by atoms with Crippen LogP contribution in [-0.4, -0.2) is 83.4 Å². The molecule has 8 heteroatoms. The average molecular weight is 535 g/mol. The molecule has 2 saturated heterocycles. The fourth-order valence-electron chi connectivity index (χ4n) is 7.48. The number of carbonyl (C=O) groups excluding carboxylic acids is 2. The molecule has 4 atom stereocenters. The van der Waals surface area contributed by atoms with E-state index in [1.807, 2.05) is 38.1 Å². The quantitative estimate of drug-likeness (QED) is 0.545. The Morgan fingerprint density at radius 3 is 1.67 bits per heavy atom. The van der Waals surface area contributed by atoms with Gasteiger partial charge in [0.25, 0.3) is 0 Å². The number of nitrogens with zero attached hydrogens (tertiary/aromatic N) is 2. The molecule has 4 aliphatic rings. The van der Waals surface area contributed by atoms with Crippen LogP contribution in [-0.2, 0) is 9.47 Å². The van der Waals surface area contributed by atoms with E-state index in [9.17, 15) is 19.8 Å². The van der Waals surface area contributed by atoms with Crippen molar-refractivity contribution < 1.29 is 29.3 Å². The van der Waals surface area contributed by atoms with Crippen LogP contribution in [0.1, 0.15) is 80.9 Å². The first-order valence-electron chi connectivity index (χ1n) is 14.2. The zero-order chi connectivity index (χ0) is 27.3. The predicted octanol–water partition coefficient (Wildman–Crippen LogP) is 3.33. The number of fused-ring (bicyclic) bond motifs is 2. The van der Waals surface area contributed by atoms with E-state index in [-0.39, 0.29) is 17.4 Å². The van der Waals surface area contributed by atoms with Gasteiger partial charge in [0.15, 0.2) is 12.2 Å². The molecule has 2 unspecified atom stereocenters. The van der Waals surface area contributed by atoms with Crippen LogP contribution in [0.25, 0.3) is 0 Å². The Kier molecular flexibility index (Phi) is 7.00. The van der Waals surface area contributed by atoms with Crippen LogP contribution in [0.5, 0.6) is 0 Å². The number of esters is 2. The molecule has 39 heavy (non-hydrogen) atoms. The fraction of sp³-hybridized carbons (Fsp3) is 0.548. The Morgan fingerprint density at radius 1 is 0.795 bits per heavy atom. The van der Waals surface area contributed by atoms with Gasteiger partial charge in [-0.15, -0.1) is 0 Å². The third-order valence-electron chi connectivity index (χ3n) is 9.20. The Labute approximate surface area is 229 Å². The summed E-state index contributed by atoms with van der Waals surface area (Å²) >= 11 is 0. The van der Waals surface area contributed by atoms with Crippen molar-refractivity contribution in [2.24, 2.45) is 5.41 Å². The lowest BCUT2D eigenvalue weighted by Crippen LogP contribution is -2.55. The van der Waals surface area contributed by atoms with Gasteiger partial charge in [0.2, 0.25) is 0 Å². The highest BCUT2D eigenvalue weighted by molar-refractivity contribution is 5.95. The number of aliphatic hydroxyl groups is 2. The van der Waals surface area contributed by atoms with Crippen molar-refractivity contribution in [2.75, 3.05) is 39.3 Å². The summed E-state index contributed by atoms with van der Waals surface area (Å²) in [4.78, 5) is 29.4. The van der Waals surface area contributed by atoms with Crippen molar-refractivity contribution in [3.05, 3.63) is 69.8 Å². The molecule has 208 valence electrons. The minimum atomic E-state index is -0.798. The van der Waals surface area contributed by atoms with E-state index in [4.69, 9.17) is 9.47 Å². The van der Waals surface area contributed by atoms with E-state index in [1.165, 1.54) is 0 Å². The maximum atomic E-state index is 12.4. The van der Waals surface area contributed by atoms with Gasteiger partial charge in [-0.1, -0.05) is 24.3 Å². The standard InChI is InChI=1S/C31H38N2O6/c1-19-7-3-9-21-25(19)27(38-29(21)36)23(34)15-32-13-5-11-31(17-32)12-6-14-33(18-31)16-24(35)28-26-20(2)8-4-10-22(26)30(37)39-28/h3-4,7-10,23-24,27-28,34-35H,5-6,11-18H2,1-2H3/t23-,24-,27?,28?,31?/m1/s1. The maximum Gasteiger partial charge on any atom is 0.339 e. The molecule has 1 spiro atoms. The summed E-state index contributed by atoms with van der Waals surface area (Å²) in [5.74, 6) is -0.722. The van der Waals surface area contributed by atoms with Crippen LogP contribution in [0, 0.1) is 19.3 Å². The molecule has 6 rings (SSSR count). The Morgan fingerprint density at radius 2 is 1.23 bits per heavy atom. The van der Waals surface area contributed by atoms with Gasteiger partial charge in [0.1, 0.15) is 12.2 Å². The molecule has 2 aromatic rings. The smallest absolute Gasteiger partial charge is 0.339 e. The number of rotatable bonds is 6. The molecule has 2 N–H and O–H groups in total. The van der Waals surface area contributed by atoms with E-state index < -0.39 is 24.4 Å². The first-order valence-corrected chi connectivity index (χ1v) is 14.2. The Bertz CT molecular complexity index is 1180. The van der Waals surface area contributed by atoms with Crippen molar-refractivity contribution in [3.8, 4) is 0 Å². The first kappa shape index (κ1) is 26.4. The van der Waals surface area contributed by atoms with Crippen molar-refractivity contribution in [1.29, 1.82) is 0 Å². The largest absolute Gasteiger partial charge is 0.451 e. The Hall–Kier alpha value is -2.78. The molecular formula is C31H38N2O6. The van der Waals surface area contributed by atoms with Gasteiger partial charge < -0.3 is 29.5 Å². The SMILES string of the molecule is Cc1cccc2c1C([C@H](O)CN1CCCC3(CCCN(C[C@@H](O)C4OC(=O)c5cccc(C)c54)C3)C1)OC2=O. The molecular weight excluding hydrogens is 496 g/mol. The summed E-state index contributed by atoms with van der Waals surface area (Å²) in [6.45, 7) is 8.32. The number of hydrogen-bond acceptors (Lipinski definition) is 8. The van der Waals surface area contributed by atoms with Gasteiger partial charge >= 0.3 is 11.9 Å². The summed E-state index contributed by atoms with van der Waals surface area (Å²) in [6.07, 6.45) is 1.42. The molecule has 0 radical (unpaired) electrons.